The maximum Gasteiger partial charge on any atom is 0.0329 e. The molecule has 0 bridgehead atoms. The lowest BCUT2D eigenvalue weighted by atomic mass is 9.95. The standard InChI is InChI=1S/C14H30N2OS/c1-6-11(2)14-10-16(12(3)9-15-14)8-7-13(4)18(5)17/h11-15H,6-10H2,1-5H3. The number of nitrogens with zero attached hydrogens (tertiary/aromatic N) is 1. The second kappa shape index (κ2) is 7.61. The van der Waals surface area contributed by atoms with Crippen LogP contribution in [0.3, 0.4) is 0 Å². The summed E-state index contributed by atoms with van der Waals surface area (Å²) in [4.78, 5) is 2.57. The van der Waals surface area contributed by atoms with E-state index in [1.165, 1.54) is 6.42 Å². The molecule has 0 aromatic heterocycles. The summed E-state index contributed by atoms with van der Waals surface area (Å²) in [6.45, 7) is 12.3. The summed E-state index contributed by atoms with van der Waals surface area (Å²) in [5, 5.41) is 3.97. The molecule has 4 heteroatoms. The maximum atomic E-state index is 11.4. The predicted molar refractivity (Wildman–Crippen MR) is 80.4 cm³/mol. The Morgan fingerprint density at radius 3 is 2.67 bits per heavy atom. The Labute approximate surface area is 115 Å². The van der Waals surface area contributed by atoms with Gasteiger partial charge in [0.05, 0.1) is 0 Å². The summed E-state index contributed by atoms with van der Waals surface area (Å²) in [5.74, 6) is 0.734. The molecular weight excluding hydrogens is 244 g/mol. The summed E-state index contributed by atoms with van der Waals surface area (Å²) in [6, 6.07) is 1.22. The molecule has 1 aliphatic rings. The normalized spacial score (nSPS) is 30.9. The Balaban J connectivity index is 2.44. The summed E-state index contributed by atoms with van der Waals surface area (Å²) >= 11 is 0. The molecule has 18 heavy (non-hydrogen) atoms. The van der Waals surface area contributed by atoms with Gasteiger partial charge in [0.25, 0.3) is 0 Å². The molecule has 1 saturated heterocycles. The van der Waals surface area contributed by atoms with Crippen molar-refractivity contribution in [1.82, 2.24) is 10.2 Å². The van der Waals surface area contributed by atoms with Crippen LogP contribution in [0.4, 0.5) is 0 Å². The molecule has 1 N–H and O–H groups in total. The van der Waals surface area contributed by atoms with E-state index in [1.54, 1.807) is 0 Å². The second-order valence-electron chi connectivity index (χ2n) is 5.84. The third-order valence-corrected chi connectivity index (χ3v) is 5.82. The summed E-state index contributed by atoms with van der Waals surface area (Å²) < 4.78 is 11.4. The largest absolute Gasteiger partial charge is 0.311 e. The highest BCUT2D eigenvalue weighted by Gasteiger charge is 2.27. The fraction of sp³-hybridized carbons (Fsp3) is 1.00. The van der Waals surface area contributed by atoms with Crippen LogP contribution in [0, 0.1) is 5.92 Å². The minimum atomic E-state index is -0.687. The molecule has 108 valence electrons. The van der Waals surface area contributed by atoms with E-state index in [9.17, 15) is 4.21 Å². The number of piperazine rings is 1. The van der Waals surface area contributed by atoms with Gasteiger partial charge in [0.15, 0.2) is 0 Å². The smallest absolute Gasteiger partial charge is 0.0329 e. The van der Waals surface area contributed by atoms with Crippen LogP contribution >= 0.6 is 0 Å². The van der Waals surface area contributed by atoms with Crippen LogP contribution in [0.15, 0.2) is 0 Å². The van der Waals surface area contributed by atoms with Crippen molar-refractivity contribution in [3.8, 4) is 0 Å². The number of hydrogen-bond acceptors (Lipinski definition) is 3. The van der Waals surface area contributed by atoms with Gasteiger partial charge in [-0.25, -0.2) is 0 Å². The molecule has 3 nitrogen and oxygen atoms in total. The van der Waals surface area contributed by atoms with Gasteiger partial charge in [-0.15, -0.1) is 0 Å². The maximum absolute atomic E-state index is 11.4. The zero-order valence-corrected chi connectivity index (χ0v) is 13.4. The highest BCUT2D eigenvalue weighted by atomic mass is 32.2. The Kier molecular flexibility index (Phi) is 6.82. The van der Waals surface area contributed by atoms with Crippen LogP contribution in [-0.2, 0) is 10.8 Å². The second-order valence-corrected chi connectivity index (χ2v) is 7.64. The van der Waals surface area contributed by atoms with Crippen LogP contribution in [0.2, 0.25) is 0 Å². The third-order valence-electron chi connectivity index (χ3n) is 4.45. The summed E-state index contributed by atoms with van der Waals surface area (Å²) in [7, 11) is -0.687. The Morgan fingerprint density at radius 2 is 2.11 bits per heavy atom. The molecule has 1 rings (SSSR count). The Morgan fingerprint density at radius 1 is 1.44 bits per heavy atom. The van der Waals surface area contributed by atoms with E-state index in [0.717, 1.165) is 32.0 Å². The molecule has 0 amide bonds. The lowest BCUT2D eigenvalue weighted by Crippen LogP contribution is -2.57. The minimum Gasteiger partial charge on any atom is -0.311 e. The van der Waals surface area contributed by atoms with Gasteiger partial charge in [-0.3, -0.25) is 9.11 Å². The first-order chi connectivity index (χ1) is 8.45. The van der Waals surface area contributed by atoms with E-state index < -0.39 is 10.8 Å². The number of rotatable bonds is 6. The molecule has 1 aliphatic heterocycles. The molecular formula is C14H30N2OS. The molecule has 0 saturated carbocycles. The van der Waals surface area contributed by atoms with Crippen molar-refractivity contribution in [3.63, 3.8) is 0 Å². The zero-order chi connectivity index (χ0) is 13.7. The fourth-order valence-corrected chi connectivity index (χ4v) is 2.88. The number of nitrogens with one attached hydrogen (secondary N) is 1. The highest BCUT2D eigenvalue weighted by Crippen LogP contribution is 2.16. The van der Waals surface area contributed by atoms with Crippen LogP contribution in [-0.4, -0.2) is 52.3 Å². The van der Waals surface area contributed by atoms with Crippen LogP contribution in [0.25, 0.3) is 0 Å². The highest BCUT2D eigenvalue weighted by molar-refractivity contribution is 7.84. The Hall–Kier alpha value is 0.0700. The van der Waals surface area contributed by atoms with Gasteiger partial charge >= 0.3 is 0 Å². The van der Waals surface area contributed by atoms with E-state index in [0.29, 0.717) is 17.3 Å². The van der Waals surface area contributed by atoms with Gasteiger partial charge in [0.1, 0.15) is 0 Å². The lowest BCUT2D eigenvalue weighted by Gasteiger charge is -2.41. The van der Waals surface area contributed by atoms with Gasteiger partial charge in [-0.05, 0) is 25.8 Å². The van der Waals surface area contributed by atoms with E-state index >= 15 is 0 Å². The molecule has 1 fully saturated rings. The van der Waals surface area contributed by atoms with E-state index in [-0.39, 0.29) is 0 Å². The first kappa shape index (κ1) is 16.1. The van der Waals surface area contributed by atoms with Crippen LogP contribution < -0.4 is 5.32 Å². The average molecular weight is 274 g/mol. The van der Waals surface area contributed by atoms with Crippen molar-refractivity contribution in [2.45, 2.75) is 57.9 Å². The van der Waals surface area contributed by atoms with E-state index in [2.05, 4.69) is 37.9 Å². The predicted octanol–water partition coefficient (Wildman–Crippen LogP) is 1.85. The van der Waals surface area contributed by atoms with Crippen molar-refractivity contribution in [3.05, 3.63) is 0 Å². The SMILES string of the molecule is CCC(C)C1CN(CCC(C)S(C)=O)C(C)CN1. The van der Waals surface area contributed by atoms with Gasteiger partial charge in [-0.1, -0.05) is 27.2 Å². The third kappa shape index (κ3) is 4.63. The van der Waals surface area contributed by atoms with Crippen molar-refractivity contribution in [1.29, 1.82) is 0 Å². The molecule has 0 radical (unpaired) electrons. The molecule has 5 unspecified atom stereocenters. The first-order valence-electron chi connectivity index (χ1n) is 7.25. The molecule has 1 heterocycles. The summed E-state index contributed by atoms with van der Waals surface area (Å²) in [5.41, 5.74) is 0. The van der Waals surface area contributed by atoms with E-state index in [4.69, 9.17) is 0 Å². The van der Waals surface area contributed by atoms with Gasteiger partial charge in [0.2, 0.25) is 0 Å². The first-order valence-corrected chi connectivity index (χ1v) is 8.87. The summed E-state index contributed by atoms with van der Waals surface area (Å²) in [6.07, 6.45) is 4.09. The molecule has 5 atom stereocenters. The molecule has 0 aromatic rings. The topological polar surface area (TPSA) is 32.3 Å². The van der Waals surface area contributed by atoms with Gasteiger partial charge in [-0.2, -0.15) is 0 Å². The molecule has 0 spiro atoms. The van der Waals surface area contributed by atoms with Crippen molar-refractivity contribution in [2.75, 3.05) is 25.9 Å². The van der Waals surface area contributed by atoms with Crippen molar-refractivity contribution >= 4 is 10.8 Å². The Bertz CT molecular complexity index is 273. The molecule has 0 aromatic carbocycles. The van der Waals surface area contributed by atoms with Crippen molar-refractivity contribution < 1.29 is 4.21 Å². The van der Waals surface area contributed by atoms with Gasteiger partial charge < -0.3 is 5.32 Å². The molecule has 0 aliphatic carbocycles. The number of hydrogen-bond donors (Lipinski definition) is 1. The average Bonchev–Trinajstić information content (AvgIpc) is 2.36. The monoisotopic (exact) mass is 274 g/mol. The van der Waals surface area contributed by atoms with Crippen LogP contribution in [0.5, 0.6) is 0 Å². The van der Waals surface area contributed by atoms with Gasteiger partial charge in [0, 0.05) is 47.5 Å². The zero-order valence-electron chi connectivity index (χ0n) is 12.6. The van der Waals surface area contributed by atoms with Crippen molar-refractivity contribution in [2.24, 2.45) is 5.92 Å². The fourth-order valence-electron chi connectivity index (χ4n) is 2.44. The van der Waals surface area contributed by atoms with E-state index in [1.807, 2.05) is 6.26 Å². The minimum absolute atomic E-state index is 0.314. The van der Waals surface area contributed by atoms with Crippen LogP contribution in [0.1, 0.15) is 40.5 Å². The lowest BCUT2D eigenvalue weighted by molar-refractivity contribution is 0.117. The quantitative estimate of drug-likeness (QED) is 0.802.